The van der Waals surface area contributed by atoms with E-state index in [0.717, 1.165) is 24.1 Å². The predicted octanol–water partition coefficient (Wildman–Crippen LogP) is 1.54. The molecule has 2 aliphatic rings. The number of carbonyl (C=O) groups is 1. The van der Waals surface area contributed by atoms with Crippen LogP contribution in [0.1, 0.15) is 35.2 Å². The first-order valence-corrected chi connectivity index (χ1v) is 9.56. The molecule has 26 heavy (non-hydrogen) atoms. The monoisotopic (exact) mass is 357 g/mol. The molecule has 2 N–H and O–H groups in total. The number of rotatable bonds is 6. The summed E-state index contributed by atoms with van der Waals surface area (Å²) in [6, 6.07) is 8.60. The highest BCUT2D eigenvalue weighted by molar-refractivity contribution is 5.93. The number of nitrogens with zero attached hydrogens (tertiary/aromatic N) is 3. The molecule has 3 rings (SSSR count). The van der Waals surface area contributed by atoms with Crippen LogP contribution in [0.15, 0.2) is 29.3 Å². The summed E-state index contributed by atoms with van der Waals surface area (Å²) in [5.41, 5.74) is 1.84. The molecule has 6 nitrogen and oxygen atoms in total. The van der Waals surface area contributed by atoms with Crippen LogP contribution in [0.25, 0.3) is 0 Å². The Labute approximate surface area is 156 Å². The Kier molecular flexibility index (Phi) is 6.14. The molecule has 0 radical (unpaired) electrons. The van der Waals surface area contributed by atoms with Gasteiger partial charge in [0.05, 0.1) is 0 Å². The number of amides is 1. The number of hydrogen-bond donors (Lipinski definition) is 2. The van der Waals surface area contributed by atoms with E-state index < -0.39 is 0 Å². The topological polar surface area (TPSA) is 60.0 Å². The maximum atomic E-state index is 11.9. The Bertz CT molecular complexity index is 636. The molecular formula is C20H31N5O. The van der Waals surface area contributed by atoms with Gasteiger partial charge in [0, 0.05) is 52.4 Å². The van der Waals surface area contributed by atoms with Gasteiger partial charge in [-0.1, -0.05) is 12.1 Å². The van der Waals surface area contributed by atoms with Gasteiger partial charge in [0.15, 0.2) is 5.96 Å². The minimum absolute atomic E-state index is 0.0267. The van der Waals surface area contributed by atoms with E-state index in [1.54, 1.807) is 26.0 Å². The fraction of sp³-hybridized carbons (Fsp3) is 0.600. The van der Waals surface area contributed by atoms with Crippen molar-refractivity contribution >= 4 is 11.9 Å². The van der Waals surface area contributed by atoms with E-state index >= 15 is 0 Å². The van der Waals surface area contributed by atoms with Crippen LogP contribution in [-0.2, 0) is 6.54 Å². The van der Waals surface area contributed by atoms with Gasteiger partial charge in [0.25, 0.3) is 5.91 Å². The van der Waals surface area contributed by atoms with Gasteiger partial charge in [-0.3, -0.25) is 9.79 Å². The predicted molar refractivity (Wildman–Crippen MR) is 105 cm³/mol. The van der Waals surface area contributed by atoms with Crippen molar-refractivity contribution in [2.45, 2.75) is 31.8 Å². The van der Waals surface area contributed by atoms with Gasteiger partial charge >= 0.3 is 0 Å². The molecule has 1 aromatic carbocycles. The molecular weight excluding hydrogens is 326 g/mol. The van der Waals surface area contributed by atoms with E-state index in [0.29, 0.717) is 18.0 Å². The zero-order valence-corrected chi connectivity index (χ0v) is 16.2. The van der Waals surface area contributed by atoms with E-state index in [2.05, 4.69) is 20.5 Å². The SMILES string of the molecule is CN=C(NCc1ccc(C(=O)N(C)C)cc1)NCC1CCN(C2CC2)C1. The molecule has 1 aromatic rings. The number of carbonyl (C=O) groups excluding carboxylic acids is 1. The van der Waals surface area contributed by atoms with Gasteiger partial charge in [-0.05, 0) is 49.4 Å². The Morgan fingerprint density at radius 1 is 1.19 bits per heavy atom. The molecule has 1 aliphatic heterocycles. The number of benzene rings is 1. The third-order valence-electron chi connectivity index (χ3n) is 5.23. The fourth-order valence-corrected chi connectivity index (χ4v) is 3.47. The van der Waals surface area contributed by atoms with Crippen molar-refractivity contribution in [1.82, 2.24) is 20.4 Å². The van der Waals surface area contributed by atoms with Crippen LogP contribution in [-0.4, -0.2) is 68.5 Å². The summed E-state index contributed by atoms with van der Waals surface area (Å²) in [5.74, 6) is 1.58. The molecule has 1 saturated carbocycles. The van der Waals surface area contributed by atoms with E-state index in [-0.39, 0.29) is 5.91 Å². The van der Waals surface area contributed by atoms with Gasteiger partial charge in [-0.2, -0.15) is 0 Å². The lowest BCUT2D eigenvalue weighted by Crippen LogP contribution is -2.40. The first-order valence-electron chi connectivity index (χ1n) is 9.56. The van der Waals surface area contributed by atoms with Crippen LogP contribution in [0.5, 0.6) is 0 Å². The molecule has 1 aliphatic carbocycles. The van der Waals surface area contributed by atoms with E-state index in [1.165, 1.54) is 32.4 Å². The van der Waals surface area contributed by atoms with Crippen LogP contribution in [0.4, 0.5) is 0 Å². The number of guanidine groups is 1. The van der Waals surface area contributed by atoms with Crippen molar-refractivity contribution < 1.29 is 4.79 Å². The third kappa shape index (κ3) is 4.97. The fourth-order valence-electron chi connectivity index (χ4n) is 3.47. The number of likely N-dealkylation sites (tertiary alicyclic amines) is 1. The van der Waals surface area contributed by atoms with E-state index in [4.69, 9.17) is 0 Å². The second kappa shape index (κ2) is 8.54. The van der Waals surface area contributed by atoms with Crippen molar-refractivity contribution in [3.8, 4) is 0 Å². The molecule has 142 valence electrons. The summed E-state index contributed by atoms with van der Waals surface area (Å²) in [5, 5.41) is 6.81. The maximum absolute atomic E-state index is 11.9. The third-order valence-corrected chi connectivity index (χ3v) is 5.23. The lowest BCUT2D eigenvalue weighted by atomic mass is 10.1. The Morgan fingerprint density at radius 3 is 2.54 bits per heavy atom. The van der Waals surface area contributed by atoms with Crippen LogP contribution >= 0.6 is 0 Å². The van der Waals surface area contributed by atoms with Crippen molar-refractivity contribution in [1.29, 1.82) is 0 Å². The summed E-state index contributed by atoms with van der Waals surface area (Å²) >= 11 is 0. The molecule has 0 bridgehead atoms. The number of hydrogen-bond acceptors (Lipinski definition) is 3. The van der Waals surface area contributed by atoms with Crippen LogP contribution in [0.3, 0.4) is 0 Å². The molecule has 0 spiro atoms. The van der Waals surface area contributed by atoms with Crippen molar-refractivity contribution in [3.63, 3.8) is 0 Å². The minimum Gasteiger partial charge on any atom is -0.356 e. The zero-order chi connectivity index (χ0) is 18.5. The van der Waals surface area contributed by atoms with Crippen LogP contribution < -0.4 is 10.6 Å². The van der Waals surface area contributed by atoms with Crippen molar-refractivity contribution in [2.75, 3.05) is 40.8 Å². The molecule has 2 fully saturated rings. The average Bonchev–Trinajstić information content (AvgIpc) is 3.40. The van der Waals surface area contributed by atoms with Gasteiger partial charge < -0.3 is 20.4 Å². The second-order valence-electron chi connectivity index (χ2n) is 7.58. The lowest BCUT2D eigenvalue weighted by Gasteiger charge is -2.17. The van der Waals surface area contributed by atoms with Gasteiger partial charge in [-0.15, -0.1) is 0 Å². The van der Waals surface area contributed by atoms with Gasteiger partial charge in [-0.25, -0.2) is 0 Å². The summed E-state index contributed by atoms with van der Waals surface area (Å²) in [6.45, 7) is 4.13. The van der Waals surface area contributed by atoms with Gasteiger partial charge in [0.1, 0.15) is 0 Å². The van der Waals surface area contributed by atoms with Crippen molar-refractivity contribution in [2.24, 2.45) is 10.9 Å². The number of aliphatic imine (C=N–C) groups is 1. The standard InChI is InChI=1S/C20H31N5O/c1-21-20(23-13-16-10-11-25(14-16)18-8-9-18)22-12-15-4-6-17(7-5-15)19(26)24(2)3/h4-7,16,18H,8-14H2,1-3H3,(H2,21,22,23). The largest absolute Gasteiger partial charge is 0.356 e. The highest BCUT2D eigenvalue weighted by Gasteiger charge is 2.34. The lowest BCUT2D eigenvalue weighted by molar-refractivity contribution is 0.0827. The molecule has 6 heteroatoms. The zero-order valence-electron chi connectivity index (χ0n) is 16.2. The Morgan fingerprint density at radius 2 is 1.92 bits per heavy atom. The quantitative estimate of drug-likeness (QED) is 0.599. The molecule has 1 unspecified atom stereocenters. The average molecular weight is 358 g/mol. The summed E-state index contributed by atoms with van der Waals surface area (Å²) in [7, 11) is 5.34. The Balaban J connectivity index is 1.41. The first kappa shape index (κ1) is 18.7. The van der Waals surface area contributed by atoms with Crippen LogP contribution in [0.2, 0.25) is 0 Å². The maximum Gasteiger partial charge on any atom is 0.253 e. The molecule has 1 amide bonds. The summed E-state index contributed by atoms with van der Waals surface area (Å²) in [4.78, 5) is 20.5. The molecule has 0 aromatic heterocycles. The molecule has 1 atom stereocenters. The van der Waals surface area contributed by atoms with Crippen molar-refractivity contribution in [3.05, 3.63) is 35.4 Å². The molecule has 1 heterocycles. The summed E-state index contributed by atoms with van der Waals surface area (Å²) in [6.07, 6.45) is 4.06. The van der Waals surface area contributed by atoms with E-state index in [1.807, 2.05) is 24.3 Å². The minimum atomic E-state index is 0.0267. The first-order chi connectivity index (χ1) is 12.6. The van der Waals surface area contributed by atoms with Crippen LogP contribution in [0, 0.1) is 5.92 Å². The smallest absolute Gasteiger partial charge is 0.253 e. The second-order valence-corrected chi connectivity index (χ2v) is 7.58. The van der Waals surface area contributed by atoms with Gasteiger partial charge in [0.2, 0.25) is 0 Å². The normalized spacial score (nSPS) is 20.9. The Hall–Kier alpha value is -2.08. The number of nitrogens with one attached hydrogen (secondary N) is 2. The van der Waals surface area contributed by atoms with E-state index in [9.17, 15) is 4.79 Å². The highest BCUT2D eigenvalue weighted by atomic mass is 16.2. The molecule has 1 saturated heterocycles. The highest BCUT2D eigenvalue weighted by Crippen LogP contribution is 2.31. The summed E-state index contributed by atoms with van der Waals surface area (Å²) < 4.78 is 0.